The van der Waals surface area contributed by atoms with E-state index in [1.807, 2.05) is 30.3 Å². The van der Waals surface area contributed by atoms with Crippen LogP contribution >= 0.6 is 15.2 Å². The molecule has 0 saturated heterocycles. The van der Waals surface area contributed by atoms with Crippen molar-refractivity contribution in [2.24, 2.45) is 21.2 Å². The first-order valence-electron chi connectivity index (χ1n) is 7.90. The Balaban J connectivity index is 2.01. The van der Waals surface area contributed by atoms with E-state index in [1.54, 1.807) is 6.21 Å². The Bertz CT molecular complexity index is 739. The summed E-state index contributed by atoms with van der Waals surface area (Å²) < 4.78 is 23.0. The van der Waals surface area contributed by atoms with Gasteiger partial charge >= 0.3 is 15.2 Å². The molecule has 1 unspecified atom stereocenters. The van der Waals surface area contributed by atoms with Crippen LogP contribution in [0.1, 0.15) is 31.2 Å². The molecule has 0 amide bonds. The molecule has 0 spiro atoms. The van der Waals surface area contributed by atoms with Gasteiger partial charge in [0.25, 0.3) is 0 Å². The first kappa shape index (κ1) is 21.1. The molecular formula is C14H22N4O6P2. The predicted octanol–water partition coefficient (Wildman–Crippen LogP) is 1.95. The summed E-state index contributed by atoms with van der Waals surface area (Å²) in [5, 5.41) is 8.74. The number of benzene rings is 1. The van der Waals surface area contributed by atoms with Crippen molar-refractivity contribution in [3.8, 4) is 0 Å². The highest BCUT2D eigenvalue weighted by Gasteiger charge is 2.56. The van der Waals surface area contributed by atoms with Crippen LogP contribution in [0.4, 0.5) is 0 Å². The Morgan fingerprint density at radius 2 is 1.65 bits per heavy atom. The van der Waals surface area contributed by atoms with E-state index in [0.29, 0.717) is 19.3 Å². The lowest BCUT2D eigenvalue weighted by Crippen LogP contribution is -2.39. The largest absolute Gasteiger partial charge is 0.357 e. The van der Waals surface area contributed by atoms with E-state index >= 15 is 0 Å². The van der Waals surface area contributed by atoms with Gasteiger partial charge in [-0.05, 0) is 23.6 Å². The second-order valence-electron chi connectivity index (χ2n) is 6.37. The minimum Gasteiger partial charge on any atom is -0.323 e. The zero-order valence-corrected chi connectivity index (χ0v) is 15.7. The molecule has 0 saturated carbocycles. The standard InChI is InChI=1S/C14H22N4O6P2/c15-14(25(19,20)21,26(22,23)24)9-5-4-8-13(11-16-18-17-13)10-12-6-2-1-3-7-12/h1-3,6-7,11H,4-5,8-10,15H2,(H2,19,20,21)(H2,22,23,24). The van der Waals surface area contributed by atoms with Gasteiger partial charge in [0.2, 0.25) is 5.02 Å². The number of unbranched alkanes of at least 4 members (excludes halogenated alkanes) is 1. The first-order valence-corrected chi connectivity index (χ1v) is 11.1. The monoisotopic (exact) mass is 404 g/mol. The summed E-state index contributed by atoms with van der Waals surface area (Å²) in [5.41, 5.74) is 5.76. The third-order valence-corrected chi connectivity index (χ3v) is 8.39. The third kappa shape index (κ3) is 4.72. The number of hydrogen-bond donors (Lipinski definition) is 5. The van der Waals surface area contributed by atoms with Gasteiger partial charge in [-0.1, -0.05) is 43.2 Å². The molecule has 1 aliphatic heterocycles. The Hall–Kier alpha value is -1.25. The van der Waals surface area contributed by atoms with Crippen LogP contribution in [0.2, 0.25) is 0 Å². The summed E-state index contributed by atoms with van der Waals surface area (Å²) >= 11 is 0. The van der Waals surface area contributed by atoms with Crippen LogP contribution in [0.5, 0.6) is 0 Å². The van der Waals surface area contributed by atoms with Crippen LogP contribution in [0.15, 0.2) is 45.8 Å². The SMILES string of the molecule is NC(CCCCC1(Cc2ccccc2)C=NN=N1)(P(=O)(O)O)P(=O)(O)O. The molecule has 1 aliphatic rings. The molecule has 144 valence electrons. The molecule has 0 bridgehead atoms. The molecule has 6 N–H and O–H groups in total. The van der Waals surface area contributed by atoms with E-state index in [9.17, 15) is 28.7 Å². The maximum atomic E-state index is 11.5. The quantitative estimate of drug-likeness (QED) is 0.308. The van der Waals surface area contributed by atoms with Gasteiger partial charge in [-0.25, -0.2) is 0 Å². The molecule has 0 fully saturated rings. The van der Waals surface area contributed by atoms with Crippen molar-refractivity contribution in [3.05, 3.63) is 35.9 Å². The maximum Gasteiger partial charge on any atom is 0.357 e. The van der Waals surface area contributed by atoms with E-state index in [4.69, 9.17) is 5.73 Å². The van der Waals surface area contributed by atoms with Gasteiger partial charge in [0, 0.05) is 6.42 Å². The van der Waals surface area contributed by atoms with Crippen molar-refractivity contribution in [2.45, 2.75) is 42.7 Å². The van der Waals surface area contributed by atoms with Crippen molar-refractivity contribution in [2.75, 3.05) is 0 Å². The predicted molar refractivity (Wildman–Crippen MR) is 95.7 cm³/mol. The normalized spacial score (nSPS) is 20.7. The van der Waals surface area contributed by atoms with Gasteiger partial charge < -0.3 is 25.3 Å². The van der Waals surface area contributed by atoms with E-state index in [-0.39, 0.29) is 6.42 Å². The van der Waals surface area contributed by atoms with E-state index in [1.165, 1.54) is 0 Å². The van der Waals surface area contributed by atoms with Crippen LogP contribution in [0.25, 0.3) is 0 Å². The highest BCUT2D eigenvalue weighted by Crippen LogP contribution is 2.67. The summed E-state index contributed by atoms with van der Waals surface area (Å²) in [7, 11) is -10.4. The van der Waals surface area contributed by atoms with Crippen LogP contribution in [0.3, 0.4) is 0 Å². The van der Waals surface area contributed by atoms with Gasteiger partial charge in [-0.15, -0.1) is 5.10 Å². The summed E-state index contributed by atoms with van der Waals surface area (Å²) in [5.74, 6) is 0. The molecule has 12 heteroatoms. The van der Waals surface area contributed by atoms with Gasteiger partial charge in [-0.3, -0.25) is 9.13 Å². The van der Waals surface area contributed by atoms with Crippen molar-refractivity contribution in [1.82, 2.24) is 0 Å². The fourth-order valence-electron chi connectivity index (χ4n) is 2.78. The van der Waals surface area contributed by atoms with Crippen molar-refractivity contribution in [3.63, 3.8) is 0 Å². The van der Waals surface area contributed by atoms with Crippen LogP contribution in [-0.2, 0) is 15.6 Å². The number of nitrogens with zero attached hydrogens (tertiary/aromatic N) is 3. The molecule has 10 nitrogen and oxygen atoms in total. The minimum absolute atomic E-state index is 0.104. The Morgan fingerprint density at radius 3 is 2.15 bits per heavy atom. The van der Waals surface area contributed by atoms with Crippen LogP contribution in [0, 0.1) is 0 Å². The van der Waals surface area contributed by atoms with E-state index < -0.39 is 32.2 Å². The lowest BCUT2D eigenvalue weighted by atomic mass is 9.87. The molecule has 0 aliphatic carbocycles. The lowest BCUT2D eigenvalue weighted by molar-refractivity contribution is 0.299. The highest BCUT2D eigenvalue weighted by atomic mass is 31.2. The summed E-state index contributed by atoms with van der Waals surface area (Å²) in [6.45, 7) is 0. The van der Waals surface area contributed by atoms with Gasteiger partial charge in [-0.2, -0.15) is 5.11 Å². The Morgan fingerprint density at radius 1 is 1.04 bits per heavy atom. The molecule has 1 heterocycles. The zero-order chi connectivity index (χ0) is 19.5. The molecule has 2 rings (SSSR count). The van der Waals surface area contributed by atoms with E-state index in [2.05, 4.69) is 15.4 Å². The smallest absolute Gasteiger partial charge is 0.323 e. The summed E-state index contributed by atoms with van der Waals surface area (Å²) in [4.78, 5) is 37.1. The molecule has 0 radical (unpaired) electrons. The Labute approximate surface area is 150 Å². The van der Waals surface area contributed by atoms with Gasteiger partial charge in [0.15, 0.2) is 0 Å². The third-order valence-electron chi connectivity index (χ3n) is 4.36. The maximum absolute atomic E-state index is 11.5. The van der Waals surface area contributed by atoms with E-state index in [0.717, 1.165) is 5.56 Å². The van der Waals surface area contributed by atoms with Gasteiger partial charge in [0.1, 0.15) is 5.54 Å². The molecule has 1 aromatic rings. The molecule has 26 heavy (non-hydrogen) atoms. The molecular weight excluding hydrogens is 382 g/mol. The van der Waals surface area contributed by atoms with Crippen molar-refractivity contribution in [1.29, 1.82) is 0 Å². The van der Waals surface area contributed by atoms with Crippen molar-refractivity contribution >= 4 is 21.4 Å². The lowest BCUT2D eigenvalue weighted by Gasteiger charge is -2.30. The van der Waals surface area contributed by atoms with Gasteiger partial charge in [0.05, 0.1) is 6.21 Å². The van der Waals surface area contributed by atoms with Crippen LogP contribution in [-0.4, -0.2) is 36.3 Å². The first-order chi connectivity index (χ1) is 12.0. The molecule has 1 aromatic carbocycles. The topological polar surface area (TPSA) is 178 Å². The zero-order valence-electron chi connectivity index (χ0n) is 13.9. The van der Waals surface area contributed by atoms with Crippen LogP contribution < -0.4 is 5.73 Å². The fraction of sp³-hybridized carbons (Fsp3) is 0.500. The Kier molecular flexibility index (Phi) is 6.30. The number of nitrogens with two attached hydrogens (primary N) is 1. The minimum atomic E-state index is -5.20. The molecule has 1 atom stereocenters. The summed E-state index contributed by atoms with van der Waals surface area (Å²) in [6.07, 6.45) is 2.58. The number of hydrogen-bond acceptors (Lipinski definition) is 6. The summed E-state index contributed by atoms with van der Waals surface area (Å²) in [6, 6.07) is 9.57. The average Bonchev–Trinajstić information content (AvgIpc) is 2.99. The number of rotatable bonds is 9. The highest BCUT2D eigenvalue weighted by molar-refractivity contribution is 7.72. The second-order valence-corrected chi connectivity index (χ2v) is 10.5. The molecule has 0 aromatic heterocycles. The van der Waals surface area contributed by atoms with Crippen molar-refractivity contribution < 1.29 is 28.7 Å². The fourth-order valence-corrected chi connectivity index (χ4v) is 5.04. The average molecular weight is 404 g/mol. The second kappa shape index (κ2) is 7.78.